The Morgan fingerprint density at radius 2 is 2.21 bits per heavy atom. The summed E-state index contributed by atoms with van der Waals surface area (Å²) in [7, 11) is -2.11. The first kappa shape index (κ1) is 9.68. The van der Waals surface area contributed by atoms with Crippen LogP contribution in [-0.2, 0) is 9.52 Å². The molecule has 0 saturated heterocycles. The van der Waals surface area contributed by atoms with Crippen molar-refractivity contribution in [1.82, 2.24) is 4.98 Å². The van der Waals surface area contributed by atoms with Crippen LogP contribution in [-0.4, -0.2) is 21.3 Å². The van der Waals surface area contributed by atoms with Crippen molar-refractivity contribution in [2.75, 3.05) is 6.26 Å². The van der Waals surface area contributed by atoms with E-state index < -0.39 is 9.52 Å². The second-order valence-corrected chi connectivity index (χ2v) is 7.08. The van der Waals surface area contributed by atoms with Crippen LogP contribution in [0, 0.1) is 6.92 Å². The van der Waals surface area contributed by atoms with Crippen LogP contribution in [0.15, 0.2) is 23.1 Å². The Hall–Kier alpha value is -0.870. The van der Waals surface area contributed by atoms with E-state index >= 15 is 0 Å². The molecule has 0 aliphatic rings. The molecule has 0 N–H and O–H groups in total. The van der Waals surface area contributed by atoms with Crippen molar-refractivity contribution in [3.63, 3.8) is 0 Å². The summed E-state index contributed by atoms with van der Waals surface area (Å²) in [6.07, 6.45) is 1.65. The Labute approximate surface area is 87.6 Å². The molecule has 1 aromatic heterocycles. The van der Waals surface area contributed by atoms with Crippen LogP contribution in [0.25, 0.3) is 10.2 Å². The van der Waals surface area contributed by atoms with E-state index in [1.807, 2.05) is 25.1 Å². The van der Waals surface area contributed by atoms with E-state index in [9.17, 15) is 4.21 Å². The van der Waals surface area contributed by atoms with Crippen LogP contribution in [0.3, 0.4) is 0 Å². The second kappa shape index (κ2) is 3.07. The number of aromatic nitrogens is 1. The van der Waals surface area contributed by atoms with Crippen molar-refractivity contribution >= 4 is 36.9 Å². The Kier molecular flexibility index (Phi) is 2.12. The highest BCUT2D eigenvalue weighted by molar-refractivity contribution is 7.99. The van der Waals surface area contributed by atoms with Gasteiger partial charge in [0.15, 0.2) is 0 Å². The molecular formula is C10H11NOS2. The summed E-state index contributed by atoms with van der Waals surface area (Å²) < 4.78 is 12.8. The van der Waals surface area contributed by atoms with Crippen molar-refractivity contribution in [2.24, 2.45) is 0 Å². The largest absolute Gasteiger partial charge is 0.263 e. The fourth-order valence-corrected chi connectivity index (χ4v) is 2.95. The molecule has 0 amide bonds. The lowest BCUT2D eigenvalue weighted by Crippen LogP contribution is -1.95. The molecule has 1 atom stereocenters. The maximum absolute atomic E-state index is 11.7. The molecule has 4 heteroatoms. The van der Waals surface area contributed by atoms with Crippen LogP contribution < -0.4 is 0 Å². The van der Waals surface area contributed by atoms with Gasteiger partial charge in [0.1, 0.15) is 0 Å². The standard InChI is InChI=1S/C10H11NOS2/c1-7-11-9-5-4-8(14(2,3)12)6-10(9)13-7/h4-6H,2H2,1,3H3. The van der Waals surface area contributed by atoms with Crippen LogP contribution in [0.2, 0.25) is 0 Å². The lowest BCUT2D eigenvalue weighted by molar-refractivity contribution is 0.685. The number of fused-ring (bicyclic) bond motifs is 1. The molecule has 0 aliphatic heterocycles. The van der Waals surface area contributed by atoms with E-state index in [0.717, 1.165) is 20.1 Å². The molecule has 2 aromatic rings. The highest BCUT2D eigenvalue weighted by Gasteiger charge is 2.05. The van der Waals surface area contributed by atoms with Gasteiger partial charge < -0.3 is 0 Å². The predicted octanol–water partition coefficient (Wildman–Crippen LogP) is 2.31. The zero-order chi connectivity index (χ0) is 10.3. The zero-order valence-corrected chi connectivity index (χ0v) is 9.74. The summed E-state index contributed by atoms with van der Waals surface area (Å²) in [5, 5.41) is 1.03. The van der Waals surface area contributed by atoms with Crippen molar-refractivity contribution in [2.45, 2.75) is 11.8 Å². The minimum Gasteiger partial charge on any atom is -0.263 e. The number of hydrogen-bond donors (Lipinski definition) is 0. The molecule has 1 aromatic carbocycles. The number of aryl methyl sites for hydroxylation is 1. The minimum absolute atomic E-state index is 0.800. The Bertz CT molecular complexity index is 581. The van der Waals surface area contributed by atoms with Gasteiger partial charge in [-0.05, 0) is 40.5 Å². The summed E-state index contributed by atoms with van der Waals surface area (Å²) in [5.41, 5.74) is 0.972. The average Bonchev–Trinajstić information content (AvgIpc) is 2.41. The second-order valence-electron chi connectivity index (χ2n) is 3.37. The zero-order valence-electron chi connectivity index (χ0n) is 8.11. The third-order valence-corrected chi connectivity index (χ3v) is 4.15. The van der Waals surface area contributed by atoms with Crippen molar-refractivity contribution in [1.29, 1.82) is 0 Å². The molecule has 74 valence electrons. The summed E-state index contributed by atoms with van der Waals surface area (Å²) >= 11 is 1.62. The average molecular weight is 225 g/mol. The van der Waals surface area contributed by atoms with Crippen molar-refractivity contribution in [3.05, 3.63) is 23.2 Å². The van der Waals surface area contributed by atoms with Gasteiger partial charge in [-0.1, -0.05) is 0 Å². The van der Waals surface area contributed by atoms with Crippen molar-refractivity contribution in [3.8, 4) is 0 Å². The Morgan fingerprint density at radius 1 is 1.50 bits per heavy atom. The Balaban J connectivity index is 2.74. The first-order valence-corrected chi connectivity index (χ1v) is 7.11. The van der Waals surface area contributed by atoms with Gasteiger partial charge >= 0.3 is 0 Å². The molecule has 1 unspecified atom stereocenters. The number of hydrogen-bond acceptors (Lipinski definition) is 3. The molecule has 14 heavy (non-hydrogen) atoms. The fraction of sp³-hybridized carbons (Fsp3) is 0.200. The molecule has 0 fully saturated rings. The molecule has 0 bridgehead atoms. The van der Waals surface area contributed by atoms with E-state index in [-0.39, 0.29) is 0 Å². The summed E-state index contributed by atoms with van der Waals surface area (Å²) in [6, 6.07) is 5.68. The third-order valence-electron chi connectivity index (χ3n) is 1.97. The molecule has 0 radical (unpaired) electrons. The number of rotatable bonds is 1. The van der Waals surface area contributed by atoms with Gasteiger partial charge in [0.05, 0.1) is 15.2 Å². The summed E-state index contributed by atoms with van der Waals surface area (Å²) in [6.45, 7) is 1.97. The van der Waals surface area contributed by atoms with Gasteiger partial charge in [-0.25, -0.2) is 4.98 Å². The molecule has 0 aliphatic carbocycles. The molecule has 1 heterocycles. The monoisotopic (exact) mass is 225 g/mol. The van der Waals surface area contributed by atoms with Gasteiger partial charge in [-0.15, -0.1) is 11.3 Å². The molecule has 0 saturated carbocycles. The molecule has 0 spiro atoms. The smallest absolute Gasteiger partial charge is 0.0907 e. The lowest BCUT2D eigenvalue weighted by Gasteiger charge is -2.00. The van der Waals surface area contributed by atoms with Gasteiger partial charge in [0.2, 0.25) is 0 Å². The first-order chi connectivity index (χ1) is 6.47. The lowest BCUT2D eigenvalue weighted by atomic mass is 10.3. The number of nitrogens with zero attached hydrogens (tertiary/aromatic N) is 1. The summed E-state index contributed by atoms with van der Waals surface area (Å²) in [5.74, 6) is 3.67. The highest BCUT2D eigenvalue weighted by atomic mass is 32.2. The van der Waals surface area contributed by atoms with Crippen LogP contribution in [0.5, 0.6) is 0 Å². The van der Waals surface area contributed by atoms with E-state index in [1.165, 1.54) is 0 Å². The van der Waals surface area contributed by atoms with E-state index in [0.29, 0.717) is 0 Å². The normalized spacial score (nSPS) is 15.6. The summed E-state index contributed by atoms with van der Waals surface area (Å²) in [4.78, 5) is 5.14. The minimum atomic E-state index is -2.11. The van der Waals surface area contributed by atoms with Gasteiger partial charge in [0.25, 0.3) is 0 Å². The fourth-order valence-electron chi connectivity index (χ4n) is 1.29. The first-order valence-electron chi connectivity index (χ1n) is 4.16. The van der Waals surface area contributed by atoms with Crippen molar-refractivity contribution < 1.29 is 4.21 Å². The highest BCUT2D eigenvalue weighted by Crippen LogP contribution is 2.24. The quantitative estimate of drug-likeness (QED) is 0.697. The molecule has 2 rings (SSSR count). The van der Waals surface area contributed by atoms with E-state index in [1.54, 1.807) is 17.6 Å². The van der Waals surface area contributed by atoms with Gasteiger partial charge in [0, 0.05) is 11.2 Å². The maximum atomic E-state index is 11.7. The topological polar surface area (TPSA) is 30.0 Å². The maximum Gasteiger partial charge on any atom is 0.0907 e. The van der Waals surface area contributed by atoms with Crippen LogP contribution >= 0.6 is 11.3 Å². The van der Waals surface area contributed by atoms with Gasteiger partial charge in [-0.3, -0.25) is 4.21 Å². The van der Waals surface area contributed by atoms with E-state index in [4.69, 9.17) is 0 Å². The van der Waals surface area contributed by atoms with Crippen LogP contribution in [0.4, 0.5) is 0 Å². The predicted molar refractivity (Wildman–Crippen MR) is 63.8 cm³/mol. The van der Waals surface area contributed by atoms with E-state index in [2.05, 4.69) is 10.9 Å². The Morgan fingerprint density at radius 3 is 2.86 bits per heavy atom. The SMILES string of the molecule is C=S(C)(=O)c1ccc2nc(C)sc2c1. The third kappa shape index (κ3) is 1.67. The van der Waals surface area contributed by atoms with Gasteiger partial charge in [-0.2, -0.15) is 0 Å². The molecular weight excluding hydrogens is 214 g/mol. The number of thiazole rings is 1. The molecule has 2 nitrogen and oxygen atoms in total. The van der Waals surface area contributed by atoms with Crippen LogP contribution in [0.1, 0.15) is 5.01 Å². The number of benzene rings is 1.